The Kier molecular flexibility index (Phi) is 13.4. The molecule has 94 valence electrons. The van der Waals surface area contributed by atoms with Crippen LogP contribution >= 0.6 is 0 Å². The Bertz CT molecular complexity index is 192. The third kappa shape index (κ3) is 41.8. The Morgan fingerprint density at radius 2 is 1.73 bits per heavy atom. The molecule has 0 aliphatic carbocycles. The second-order valence-electron chi connectivity index (χ2n) is 2.13. The van der Waals surface area contributed by atoms with Gasteiger partial charge in [0.1, 0.15) is 0 Å². The first-order valence-electron chi connectivity index (χ1n) is 4.29. The number of rotatable bonds is 7. The van der Waals surface area contributed by atoms with Crippen molar-refractivity contribution in [1.29, 1.82) is 0 Å². The number of hydrogen-bond donors (Lipinski definition) is 4. The van der Waals surface area contributed by atoms with Crippen LogP contribution in [0.1, 0.15) is 13.8 Å². The summed E-state index contributed by atoms with van der Waals surface area (Å²) < 4.78 is 36.6. The summed E-state index contributed by atoms with van der Waals surface area (Å²) in [5.41, 5.74) is 5.36. The van der Waals surface area contributed by atoms with E-state index in [0.29, 0.717) is 13.2 Å². The van der Waals surface area contributed by atoms with Crippen molar-refractivity contribution < 1.29 is 27.1 Å². The summed E-state index contributed by atoms with van der Waals surface area (Å²) in [6.07, 6.45) is 0. The molecule has 0 bridgehead atoms. The van der Waals surface area contributed by atoms with Gasteiger partial charge < -0.3 is 4.74 Å². The van der Waals surface area contributed by atoms with E-state index in [9.17, 15) is 0 Å². The molecule has 0 radical (unpaired) electrons. The lowest BCUT2D eigenvalue weighted by atomic mass is 10.7. The minimum Gasteiger partial charge on any atom is -0.379 e. The minimum absolute atomic E-state index is 0.570. The largest absolute Gasteiger partial charge is 0.394 e. The highest BCUT2D eigenvalue weighted by Gasteiger charge is 1.85. The van der Waals surface area contributed by atoms with Gasteiger partial charge in [-0.1, -0.05) is 6.92 Å². The molecule has 0 heterocycles. The zero-order chi connectivity index (χ0) is 12.2. The molecule has 0 saturated heterocycles. The van der Waals surface area contributed by atoms with Crippen molar-refractivity contribution in [3.8, 4) is 0 Å². The van der Waals surface area contributed by atoms with E-state index in [4.69, 9.17) is 27.1 Å². The van der Waals surface area contributed by atoms with Crippen LogP contribution < -0.4 is 11.0 Å². The van der Waals surface area contributed by atoms with Crippen LogP contribution in [-0.2, 0) is 20.0 Å². The van der Waals surface area contributed by atoms with E-state index in [0.717, 1.165) is 13.2 Å². The lowest BCUT2D eigenvalue weighted by molar-refractivity contribution is -0.0221. The maximum atomic E-state index is 8.74. The zero-order valence-corrected chi connectivity index (χ0v) is 9.58. The van der Waals surface area contributed by atoms with Crippen molar-refractivity contribution in [2.24, 2.45) is 0 Å². The average Bonchev–Trinajstić information content (AvgIpc) is 2.08. The van der Waals surface area contributed by atoms with Gasteiger partial charge in [0.05, 0.1) is 13.2 Å². The predicted molar refractivity (Wildman–Crippen MR) is 53.4 cm³/mol. The van der Waals surface area contributed by atoms with Crippen molar-refractivity contribution in [2.75, 3.05) is 26.4 Å². The molecule has 0 aromatic rings. The lowest BCUT2D eigenvalue weighted by Gasteiger charge is -2.04. The third-order valence-electron chi connectivity index (χ3n) is 0.855. The molecule has 9 heteroatoms. The molecule has 0 fully saturated rings. The summed E-state index contributed by atoms with van der Waals surface area (Å²) >= 11 is 0. The molecule has 4 N–H and O–H groups in total. The molecule has 0 atom stereocenters. The fraction of sp³-hybridized carbons (Fsp3) is 1.00. The molecule has 0 saturated carbocycles. The molecule has 0 amide bonds. The highest BCUT2D eigenvalue weighted by atomic mass is 32.3. The Labute approximate surface area is 89.5 Å². The van der Waals surface area contributed by atoms with Gasteiger partial charge in [-0.15, -0.1) is 5.59 Å². The molecule has 0 unspecified atom stereocenters. The Morgan fingerprint density at radius 3 is 2.13 bits per heavy atom. The quantitative estimate of drug-likeness (QED) is 0.268. The number of nitrogens with one attached hydrogen (secondary N) is 2. The summed E-state index contributed by atoms with van der Waals surface area (Å²) in [7, 11) is -4.67. The van der Waals surface area contributed by atoms with Gasteiger partial charge in [-0.05, 0) is 6.92 Å². The molecular formula is C6H18N2O6S. The van der Waals surface area contributed by atoms with Crippen molar-refractivity contribution in [3.63, 3.8) is 0 Å². The average molecular weight is 246 g/mol. The highest BCUT2D eigenvalue weighted by molar-refractivity contribution is 7.79. The second-order valence-corrected chi connectivity index (χ2v) is 3.02. The Hall–Kier alpha value is -0.290. The van der Waals surface area contributed by atoms with Gasteiger partial charge in [0.2, 0.25) is 0 Å². The maximum Gasteiger partial charge on any atom is 0.394 e. The smallest absolute Gasteiger partial charge is 0.379 e. The standard InChI is InChI=1S/C6H16N2O2.H2O4S/c1-3-7-8-10-6-5-9-4-2;1-5(2,3)4/h7-8H,3-6H2,1-2H3;(H2,1,2,3,4). The van der Waals surface area contributed by atoms with Gasteiger partial charge in [-0.3, -0.25) is 13.9 Å². The van der Waals surface area contributed by atoms with Crippen LogP contribution in [0.15, 0.2) is 0 Å². The molecule has 0 spiro atoms. The fourth-order valence-electron chi connectivity index (χ4n) is 0.419. The molecule has 8 nitrogen and oxygen atoms in total. The van der Waals surface area contributed by atoms with Gasteiger partial charge in [0.15, 0.2) is 0 Å². The van der Waals surface area contributed by atoms with Crippen molar-refractivity contribution in [2.45, 2.75) is 13.8 Å². The lowest BCUT2D eigenvalue weighted by Crippen LogP contribution is -2.32. The van der Waals surface area contributed by atoms with E-state index in [1.807, 2.05) is 13.8 Å². The van der Waals surface area contributed by atoms with Crippen molar-refractivity contribution >= 4 is 10.4 Å². The molecular weight excluding hydrogens is 228 g/mol. The highest BCUT2D eigenvalue weighted by Crippen LogP contribution is 1.72. The van der Waals surface area contributed by atoms with Crippen LogP contribution in [0.4, 0.5) is 0 Å². The van der Waals surface area contributed by atoms with Crippen molar-refractivity contribution in [3.05, 3.63) is 0 Å². The summed E-state index contributed by atoms with van der Waals surface area (Å²) in [6, 6.07) is 0. The van der Waals surface area contributed by atoms with E-state index in [1.54, 1.807) is 0 Å². The van der Waals surface area contributed by atoms with E-state index in [2.05, 4.69) is 11.0 Å². The van der Waals surface area contributed by atoms with Gasteiger partial charge >= 0.3 is 10.4 Å². The summed E-state index contributed by atoms with van der Waals surface area (Å²) in [6.45, 7) is 6.73. The number of hydrogen-bond acceptors (Lipinski definition) is 6. The summed E-state index contributed by atoms with van der Waals surface area (Å²) in [4.78, 5) is 4.89. The Balaban J connectivity index is 0. The molecule has 0 aromatic carbocycles. The van der Waals surface area contributed by atoms with E-state index in [1.165, 1.54) is 0 Å². The Morgan fingerprint density at radius 1 is 1.20 bits per heavy atom. The van der Waals surface area contributed by atoms with Crippen LogP contribution in [0.2, 0.25) is 0 Å². The first kappa shape index (κ1) is 17.1. The van der Waals surface area contributed by atoms with Crippen LogP contribution in [0.5, 0.6) is 0 Å². The SMILES string of the molecule is CCNNOCCOCC.O=S(=O)(O)O. The second kappa shape index (κ2) is 11.8. The maximum absolute atomic E-state index is 8.74. The number of ether oxygens (including phenoxy) is 1. The minimum atomic E-state index is -4.67. The van der Waals surface area contributed by atoms with Gasteiger partial charge in [0, 0.05) is 13.2 Å². The van der Waals surface area contributed by atoms with Crippen LogP contribution in [0.25, 0.3) is 0 Å². The van der Waals surface area contributed by atoms with Crippen molar-refractivity contribution in [1.82, 2.24) is 11.0 Å². The van der Waals surface area contributed by atoms with Crippen LogP contribution in [0, 0.1) is 0 Å². The molecule has 0 rings (SSSR count). The van der Waals surface area contributed by atoms with Crippen LogP contribution in [0.3, 0.4) is 0 Å². The fourth-order valence-corrected chi connectivity index (χ4v) is 0.419. The summed E-state index contributed by atoms with van der Waals surface area (Å²) in [5, 5.41) is 0. The summed E-state index contributed by atoms with van der Waals surface area (Å²) in [5.74, 6) is 0. The molecule has 0 aromatic heterocycles. The van der Waals surface area contributed by atoms with E-state index in [-0.39, 0.29) is 0 Å². The zero-order valence-electron chi connectivity index (χ0n) is 8.76. The van der Waals surface area contributed by atoms with Gasteiger partial charge in [0.25, 0.3) is 0 Å². The van der Waals surface area contributed by atoms with E-state index < -0.39 is 10.4 Å². The third-order valence-corrected chi connectivity index (χ3v) is 0.855. The van der Waals surface area contributed by atoms with E-state index >= 15 is 0 Å². The first-order valence-corrected chi connectivity index (χ1v) is 5.68. The topological polar surface area (TPSA) is 117 Å². The molecule has 0 aliphatic heterocycles. The van der Waals surface area contributed by atoms with Crippen LogP contribution in [-0.4, -0.2) is 43.9 Å². The van der Waals surface area contributed by atoms with Gasteiger partial charge in [-0.2, -0.15) is 8.42 Å². The van der Waals surface area contributed by atoms with Gasteiger partial charge in [-0.25, -0.2) is 5.43 Å². The molecule has 15 heavy (non-hydrogen) atoms. The normalized spacial score (nSPS) is 10.7. The predicted octanol–water partition coefficient (Wildman–Crippen LogP) is -0.584. The number of hydrazine groups is 1. The first-order chi connectivity index (χ1) is 6.91. The monoisotopic (exact) mass is 246 g/mol. The molecule has 0 aliphatic rings.